The molecule has 108 valence electrons. The number of anilines is 1. The number of ether oxygens (including phenoxy) is 1. The Balaban J connectivity index is 1.81. The Morgan fingerprint density at radius 1 is 1.40 bits per heavy atom. The first-order valence-corrected chi connectivity index (χ1v) is 7.78. The maximum Gasteiger partial charge on any atom is 0.106 e. The van der Waals surface area contributed by atoms with Crippen LogP contribution in [-0.2, 0) is 4.74 Å². The smallest absolute Gasteiger partial charge is 0.106 e. The molecule has 1 aliphatic carbocycles. The first kappa shape index (κ1) is 13.8. The molecule has 1 spiro atoms. The Bertz CT molecular complexity index is 513. The van der Waals surface area contributed by atoms with E-state index in [1.165, 1.54) is 19.3 Å². The summed E-state index contributed by atoms with van der Waals surface area (Å²) in [5.41, 5.74) is 8.13. The Hall–Kier alpha value is -1.13. The van der Waals surface area contributed by atoms with Gasteiger partial charge in [-0.25, -0.2) is 0 Å². The van der Waals surface area contributed by atoms with Gasteiger partial charge in [0.15, 0.2) is 0 Å². The molecular weight excluding hydrogens is 268 g/mol. The molecule has 1 aromatic rings. The van der Waals surface area contributed by atoms with Gasteiger partial charge in [0.2, 0.25) is 0 Å². The molecule has 1 aliphatic heterocycles. The average Bonchev–Trinajstić information content (AvgIpc) is 2.45. The van der Waals surface area contributed by atoms with Gasteiger partial charge >= 0.3 is 0 Å². The van der Waals surface area contributed by atoms with E-state index in [-0.39, 0.29) is 5.60 Å². The molecule has 3 rings (SSSR count). The van der Waals surface area contributed by atoms with Crippen LogP contribution in [0.2, 0.25) is 0 Å². The van der Waals surface area contributed by atoms with E-state index in [2.05, 4.69) is 18.0 Å². The van der Waals surface area contributed by atoms with Gasteiger partial charge in [0.1, 0.15) is 4.99 Å². The topological polar surface area (TPSA) is 38.5 Å². The standard InChI is InChI=1S/C16H22N2OS/c1-18(14-6-3-2-5-13(14)15(17)20)12-7-10-19-16(11-12)8-4-9-16/h2-3,5-6,12H,4,7-11H2,1H3,(H2,17,20). The molecule has 1 atom stereocenters. The zero-order chi connectivity index (χ0) is 14.2. The summed E-state index contributed by atoms with van der Waals surface area (Å²) in [5.74, 6) is 0. The highest BCUT2D eigenvalue weighted by Gasteiger charge is 2.43. The predicted molar refractivity (Wildman–Crippen MR) is 86.3 cm³/mol. The first-order chi connectivity index (χ1) is 9.61. The number of nitrogens with two attached hydrogens (primary N) is 1. The highest BCUT2D eigenvalue weighted by atomic mass is 32.1. The largest absolute Gasteiger partial charge is 0.389 e. The molecule has 0 aromatic heterocycles. The van der Waals surface area contributed by atoms with E-state index in [4.69, 9.17) is 22.7 Å². The van der Waals surface area contributed by atoms with Gasteiger partial charge in [0.25, 0.3) is 0 Å². The third-order valence-electron chi connectivity index (χ3n) is 4.83. The molecule has 0 amide bonds. The number of nitrogens with zero attached hydrogens (tertiary/aromatic N) is 1. The third-order valence-corrected chi connectivity index (χ3v) is 5.05. The summed E-state index contributed by atoms with van der Waals surface area (Å²) in [7, 11) is 2.15. The molecule has 2 fully saturated rings. The number of hydrogen-bond donors (Lipinski definition) is 1. The summed E-state index contributed by atoms with van der Waals surface area (Å²) in [6.07, 6.45) is 5.93. The normalized spacial score (nSPS) is 24.1. The van der Waals surface area contributed by atoms with Crippen LogP contribution in [0.25, 0.3) is 0 Å². The Morgan fingerprint density at radius 3 is 2.80 bits per heavy atom. The predicted octanol–water partition coefficient (Wildman–Crippen LogP) is 2.86. The van der Waals surface area contributed by atoms with Crippen molar-refractivity contribution >= 4 is 22.9 Å². The van der Waals surface area contributed by atoms with Crippen LogP contribution in [0.3, 0.4) is 0 Å². The molecular formula is C16H22N2OS. The second-order valence-electron chi connectivity index (χ2n) is 6.02. The molecule has 20 heavy (non-hydrogen) atoms. The van der Waals surface area contributed by atoms with Crippen LogP contribution in [0, 0.1) is 0 Å². The molecule has 1 heterocycles. The van der Waals surface area contributed by atoms with Gasteiger partial charge in [-0.2, -0.15) is 0 Å². The van der Waals surface area contributed by atoms with E-state index in [1.807, 2.05) is 18.2 Å². The van der Waals surface area contributed by atoms with E-state index in [9.17, 15) is 0 Å². The Morgan fingerprint density at radius 2 is 2.15 bits per heavy atom. The lowest BCUT2D eigenvalue weighted by atomic mass is 9.73. The second-order valence-corrected chi connectivity index (χ2v) is 6.46. The second kappa shape index (κ2) is 5.34. The van der Waals surface area contributed by atoms with Gasteiger partial charge in [-0.15, -0.1) is 0 Å². The number of thiocarbonyl (C=S) groups is 1. The molecule has 0 bridgehead atoms. The lowest BCUT2D eigenvalue weighted by molar-refractivity contribution is -0.132. The highest BCUT2D eigenvalue weighted by molar-refractivity contribution is 7.80. The summed E-state index contributed by atoms with van der Waals surface area (Å²) in [4.78, 5) is 2.81. The van der Waals surface area contributed by atoms with Crippen molar-refractivity contribution < 1.29 is 4.74 Å². The molecule has 3 nitrogen and oxygen atoms in total. The fourth-order valence-electron chi connectivity index (χ4n) is 3.44. The maximum atomic E-state index is 6.02. The molecule has 2 N–H and O–H groups in total. The zero-order valence-electron chi connectivity index (χ0n) is 12.0. The van der Waals surface area contributed by atoms with E-state index >= 15 is 0 Å². The Kier molecular flexibility index (Phi) is 3.69. The number of benzene rings is 1. The van der Waals surface area contributed by atoms with E-state index in [1.54, 1.807) is 0 Å². The quantitative estimate of drug-likeness (QED) is 0.869. The average molecular weight is 290 g/mol. The molecule has 1 saturated heterocycles. The van der Waals surface area contributed by atoms with E-state index in [0.29, 0.717) is 11.0 Å². The van der Waals surface area contributed by atoms with Crippen LogP contribution in [0.4, 0.5) is 5.69 Å². The van der Waals surface area contributed by atoms with Gasteiger partial charge in [-0.05, 0) is 44.2 Å². The molecule has 0 radical (unpaired) electrons. The maximum absolute atomic E-state index is 6.02. The van der Waals surface area contributed by atoms with Gasteiger partial charge in [-0.1, -0.05) is 24.4 Å². The minimum Gasteiger partial charge on any atom is -0.389 e. The zero-order valence-corrected chi connectivity index (χ0v) is 12.8. The van der Waals surface area contributed by atoms with Crippen molar-refractivity contribution in [3.63, 3.8) is 0 Å². The van der Waals surface area contributed by atoms with Crippen LogP contribution in [-0.4, -0.2) is 30.3 Å². The van der Waals surface area contributed by atoms with Crippen molar-refractivity contribution in [3.05, 3.63) is 29.8 Å². The molecule has 1 saturated carbocycles. The minimum atomic E-state index is 0.162. The molecule has 4 heteroatoms. The number of hydrogen-bond acceptors (Lipinski definition) is 3. The van der Waals surface area contributed by atoms with Crippen molar-refractivity contribution in [1.82, 2.24) is 0 Å². The molecule has 1 aromatic carbocycles. The monoisotopic (exact) mass is 290 g/mol. The van der Waals surface area contributed by atoms with Crippen molar-refractivity contribution in [1.29, 1.82) is 0 Å². The van der Waals surface area contributed by atoms with Crippen molar-refractivity contribution in [2.24, 2.45) is 5.73 Å². The lowest BCUT2D eigenvalue weighted by Gasteiger charge is -2.49. The summed E-state index contributed by atoms with van der Waals surface area (Å²) in [5, 5.41) is 0. The van der Waals surface area contributed by atoms with Crippen LogP contribution in [0.1, 0.15) is 37.7 Å². The van der Waals surface area contributed by atoms with Crippen molar-refractivity contribution in [2.75, 3.05) is 18.6 Å². The minimum absolute atomic E-state index is 0.162. The van der Waals surface area contributed by atoms with E-state index < -0.39 is 0 Å². The van der Waals surface area contributed by atoms with Crippen LogP contribution < -0.4 is 10.6 Å². The van der Waals surface area contributed by atoms with Gasteiger partial charge in [0, 0.05) is 30.9 Å². The third kappa shape index (κ3) is 2.42. The fraction of sp³-hybridized carbons (Fsp3) is 0.562. The van der Waals surface area contributed by atoms with E-state index in [0.717, 1.165) is 30.7 Å². The number of rotatable bonds is 3. The molecule has 1 unspecified atom stereocenters. The SMILES string of the molecule is CN(c1ccccc1C(N)=S)C1CCOC2(CCC2)C1. The lowest BCUT2D eigenvalue weighted by Crippen LogP contribution is -2.51. The van der Waals surface area contributed by atoms with Gasteiger partial charge < -0.3 is 15.4 Å². The van der Waals surface area contributed by atoms with Gasteiger partial charge in [0.05, 0.1) is 5.60 Å². The number of para-hydroxylation sites is 1. The van der Waals surface area contributed by atoms with Crippen molar-refractivity contribution in [2.45, 2.75) is 43.7 Å². The van der Waals surface area contributed by atoms with Crippen LogP contribution in [0.5, 0.6) is 0 Å². The van der Waals surface area contributed by atoms with Crippen molar-refractivity contribution in [3.8, 4) is 0 Å². The summed E-state index contributed by atoms with van der Waals surface area (Å²) < 4.78 is 6.02. The first-order valence-electron chi connectivity index (χ1n) is 7.37. The van der Waals surface area contributed by atoms with Crippen LogP contribution >= 0.6 is 12.2 Å². The van der Waals surface area contributed by atoms with Crippen LogP contribution in [0.15, 0.2) is 24.3 Å². The fourth-order valence-corrected chi connectivity index (χ4v) is 3.61. The summed E-state index contributed by atoms with van der Waals surface area (Å²) >= 11 is 5.18. The Labute approximate surface area is 126 Å². The van der Waals surface area contributed by atoms with Gasteiger partial charge in [-0.3, -0.25) is 0 Å². The summed E-state index contributed by atoms with van der Waals surface area (Å²) in [6, 6.07) is 8.67. The summed E-state index contributed by atoms with van der Waals surface area (Å²) in [6.45, 7) is 0.865. The highest BCUT2D eigenvalue weighted by Crippen LogP contribution is 2.43. The molecule has 2 aliphatic rings.